The van der Waals surface area contributed by atoms with Crippen molar-refractivity contribution in [1.82, 2.24) is 0 Å². The molecule has 2 aromatic carbocycles. The predicted molar refractivity (Wildman–Crippen MR) is 113 cm³/mol. The van der Waals surface area contributed by atoms with Crippen molar-refractivity contribution >= 4 is 44.6 Å². The van der Waals surface area contributed by atoms with E-state index in [1.54, 1.807) is 12.1 Å². The predicted octanol–water partition coefficient (Wildman–Crippen LogP) is 5.70. The third-order valence-corrected chi connectivity index (χ3v) is 6.83. The fraction of sp³-hybridized carbons (Fsp3) is 0.350. The Bertz CT molecular complexity index is 965. The van der Waals surface area contributed by atoms with Gasteiger partial charge in [0.15, 0.2) is 0 Å². The first-order valence-electron chi connectivity index (χ1n) is 8.83. The molecule has 0 aliphatic rings. The van der Waals surface area contributed by atoms with Gasteiger partial charge < -0.3 is 10.1 Å². The largest absolute Gasteiger partial charge is 0.496 e. The molecule has 0 saturated heterocycles. The summed E-state index contributed by atoms with van der Waals surface area (Å²) in [6, 6.07) is 7.43. The van der Waals surface area contributed by atoms with Gasteiger partial charge in [-0.3, -0.25) is 4.79 Å². The summed E-state index contributed by atoms with van der Waals surface area (Å²) < 4.78 is 31.7. The fourth-order valence-corrected chi connectivity index (χ4v) is 5.28. The van der Waals surface area contributed by atoms with Crippen LogP contribution in [0, 0.1) is 0 Å². The van der Waals surface area contributed by atoms with E-state index in [0.29, 0.717) is 24.3 Å². The van der Waals surface area contributed by atoms with E-state index in [9.17, 15) is 13.2 Å². The van der Waals surface area contributed by atoms with E-state index in [2.05, 4.69) is 5.32 Å². The summed E-state index contributed by atoms with van der Waals surface area (Å²) in [5, 5.41) is 2.55. The summed E-state index contributed by atoms with van der Waals surface area (Å²) in [7, 11) is -2.43. The lowest BCUT2D eigenvalue weighted by Gasteiger charge is -2.15. The van der Waals surface area contributed by atoms with Crippen LogP contribution in [0.15, 0.2) is 40.1 Å². The molecule has 152 valence electrons. The van der Waals surface area contributed by atoms with E-state index < -0.39 is 9.84 Å². The average molecular weight is 444 g/mol. The van der Waals surface area contributed by atoms with Gasteiger partial charge in [-0.2, -0.15) is 0 Å². The minimum absolute atomic E-state index is 0.0544. The fourth-order valence-electron chi connectivity index (χ4n) is 2.79. The molecule has 0 aromatic heterocycles. The monoisotopic (exact) mass is 443 g/mol. The Kier molecular flexibility index (Phi) is 7.37. The minimum Gasteiger partial charge on any atom is -0.496 e. The van der Waals surface area contributed by atoms with E-state index >= 15 is 0 Å². The summed E-state index contributed by atoms with van der Waals surface area (Å²) in [6.45, 7) is 5.78. The number of anilines is 1. The molecule has 0 radical (unpaired) electrons. The van der Waals surface area contributed by atoms with Crippen molar-refractivity contribution in [1.29, 1.82) is 0 Å². The first kappa shape index (κ1) is 22.5. The summed E-state index contributed by atoms with van der Waals surface area (Å²) in [5.41, 5.74) is 1.12. The minimum atomic E-state index is -3.97. The van der Waals surface area contributed by atoms with Crippen LogP contribution in [0.25, 0.3) is 0 Å². The van der Waals surface area contributed by atoms with Crippen molar-refractivity contribution in [3.63, 3.8) is 0 Å². The smallest absolute Gasteiger partial charge is 0.224 e. The van der Waals surface area contributed by atoms with Crippen molar-refractivity contribution in [2.24, 2.45) is 0 Å². The van der Waals surface area contributed by atoms with Crippen LogP contribution in [0.5, 0.6) is 5.75 Å². The van der Waals surface area contributed by atoms with Gasteiger partial charge in [-0.25, -0.2) is 8.42 Å². The van der Waals surface area contributed by atoms with Crippen LogP contribution in [-0.4, -0.2) is 21.4 Å². The lowest BCUT2D eigenvalue weighted by Crippen LogP contribution is -2.11. The number of carbonyl (C=O) groups is 1. The van der Waals surface area contributed by atoms with Gasteiger partial charge in [0, 0.05) is 12.1 Å². The Balaban J connectivity index is 2.52. The van der Waals surface area contributed by atoms with Crippen LogP contribution in [-0.2, 0) is 14.6 Å². The topological polar surface area (TPSA) is 72.5 Å². The molecule has 28 heavy (non-hydrogen) atoms. The number of halogens is 2. The molecular formula is C20H23Cl2NO4S. The van der Waals surface area contributed by atoms with Gasteiger partial charge in [0.2, 0.25) is 15.7 Å². The molecular weight excluding hydrogens is 421 g/mol. The molecule has 0 bridgehead atoms. The molecule has 1 amide bonds. The Morgan fingerprint density at radius 2 is 1.75 bits per heavy atom. The number of carbonyl (C=O) groups excluding carboxylic acids is 1. The number of hydrogen-bond acceptors (Lipinski definition) is 4. The number of hydrogen-bond donors (Lipinski definition) is 1. The zero-order valence-corrected chi connectivity index (χ0v) is 18.5. The molecule has 0 unspecified atom stereocenters. The van der Waals surface area contributed by atoms with Gasteiger partial charge in [0.25, 0.3) is 0 Å². The molecule has 5 nitrogen and oxygen atoms in total. The number of sulfone groups is 1. The van der Waals surface area contributed by atoms with Gasteiger partial charge in [-0.1, -0.05) is 44.0 Å². The zero-order chi connectivity index (χ0) is 21.1. The molecule has 0 aliphatic heterocycles. The first-order chi connectivity index (χ1) is 13.1. The van der Waals surface area contributed by atoms with Crippen molar-refractivity contribution in [2.75, 3.05) is 12.4 Å². The SMILES string of the molecule is CCCC(=O)Nc1cc(Cl)c(S(=O)(=O)c2ccc(OC)c(C(C)C)c2)c(Cl)c1. The number of methoxy groups -OCH3 is 1. The second-order valence-electron chi connectivity index (χ2n) is 6.63. The van der Waals surface area contributed by atoms with Crippen molar-refractivity contribution in [2.45, 2.75) is 49.3 Å². The van der Waals surface area contributed by atoms with Crippen LogP contribution in [0.2, 0.25) is 10.0 Å². The van der Waals surface area contributed by atoms with E-state index in [1.807, 2.05) is 20.8 Å². The number of ether oxygens (including phenoxy) is 1. The normalized spacial score (nSPS) is 11.5. The third kappa shape index (κ3) is 4.80. The third-order valence-electron chi connectivity index (χ3n) is 4.16. The van der Waals surface area contributed by atoms with Crippen LogP contribution in [0.3, 0.4) is 0 Å². The summed E-state index contributed by atoms with van der Waals surface area (Å²) in [5.74, 6) is 0.481. The summed E-state index contributed by atoms with van der Waals surface area (Å²) in [6.07, 6.45) is 1.04. The van der Waals surface area contributed by atoms with Crippen LogP contribution in [0.1, 0.15) is 45.1 Å². The Morgan fingerprint density at radius 3 is 2.25 bits per heavy atom. The molecule has 0 atom stereocenters. The molecule has 0 heterocycles. The van der Waals surface area contributed by atoms with Crippen molar-refractivity contribution in [3.8, 4) is 5.75 Å². The highest BCUT2D eigenvalue weighted by Crippen LogP contribution is 2.38. The average Bonchev–Trinajstić information content (AvgIpc) is 2.60. The van der Waals surface area contributed by atoms with Gasteiger partial charge in [0.1, 0.15) is 10.6 Å². The molecule has 1 N–H and O–H groups in total. The lowest BCUT2D eigenvalue weighted by molar-refractivity contribution is -0.116. The molecule has 8 heteroatoms. The van der Waals surface area contributed by atoms with Crippen LogP contribution >= 0.6 is 23.2 Å². The molecule has 0 fully saturated rings. The van der Waals surface area contributed by atoms with E-state index in [-0.39, 0.29) is 31.7 Å². The second kappa shape index (κ2) is 9.16. The van der Waals surface area contributed by atoms with Crippen LogP contribution in [0.4, 0.5) is 5.69 Å². The number of nitrogens with one attached hydrogen (secondary N) is 1. The van der Waals surface area contributed by atoms with E-state index in [0.717, 1.165) is 5.56 Å². The Morgan fingerprint density at radius 1 is 1.14 bits per heavy atom. The number of amides is 1. The highest BCUT2D eigenvalue weighted by Gasteiger charge is 2.26. The highest BCUT2D eigenvalue weighted by molar-refractivity contribution is 7.91. The molecule has 0 aliphatic carbocycles. The number of rotatable bonds is 7. The van der Waals surface area contributed by atoms with E-state index in [4.69, 9.17) is 27.9 Å². The zero-order valence-electron chi connectivity index (χ0n) is 16.2. The van der Waals surface area contributed by atoms with Gasteiger partial charge in [0.05, 0.1) is 22.1 Å². The van der Waals surface area contributed by atoms with Crippen molar-refractivity contribution < 1.29 is 17.9 Å². The quantitative estimate of drug-likeness (QED) is 0.595. The van der Waals surface area contributed by atoms with Gasteiger partial charge in [-0.15, -0.1) is 0 Å². The Hall–Kier alpha value is -1.76. The Labute approximate surface area is 175 Å². The van der Waals surface area contributed by atoms with Crippen LogP contribution < -0.4 is 10.1 Å². The molecule has 0 saturated carbocycles. The molecule has 2 aromatic rings. The van der Waals surface area contributed by atoms with Gasteiger partial charge >= 0.3 is 0 Å². The summed E-state index contributed by atoms with van der Waals surface area (Å²) in [4.78, 5) is 11.7. The number of benzene rings is 2. The standard InChI is InChI=1S/C20H23Cl2NO4S/c1-5-6-19(24)23-13-9-16(21)20(17(22)10-13)28(25,26)14-7-8-18(27-4)15(11-14)12(2)3/h7-12H,5-6H2,1-4H3,(H,23,24). The van der Waals surface area contributed by atoms with Gasteiger partial charge in [-0.05, 0) is 48.2 Å². The maximum absolute atomic E-state index is 13.2. The van der Waals surface area contributed by atoms with E-state index in [1.165, 1.54) is 25.3 Å². The lowest BCUT2D eigenvalue weighted by atomic mass is 10.0. The second-order valence-corrected chi connectivity index (χ2v) is 9.33. The first-order valence-corrected chi connectivity index (χ1v) is 11.1. The highest BCUT2D eigenvalue weighted by atomic mass is 35.5. The summed E-state index contributed by atoms with van der Waals surface area (Å²) >= 11 is 12.5. The molecule has 0 spiro atoms. The molecule has 2 rings (SSSR count). The maximum Gasteiger partial charge on any atom is 0.224 e. The maximum atomic E-state index is 13.2. The van der Waals surface area contributed by atoms with Crippen molar-refractivity contribution in [3.05, 3.63) is 45.9 Å².